The number of aromatic nitrogens is 5. The molecule has 0 aliphatic rings. The number of sulfonamides is 1. The second-order valence-corrected chi connectivity index (χ2v) is 33.7. The van der Waals surface area contributed by atoms with E-state index >= 15 is 0 Å². The quantitative estimate of drug-likeness (QED) is 0.0144. The number of rotatable bonds is 29. The number of ether oxygens (including phenoxy) is 8. The first kappa shape index (κ1) is 103. The Hall–Kier alpha value is -16.5. The number of nitrogens with zero attached hydrogens (tertiary/aromatic N) is 10. The summed E-state index contributed by atoms with van der Waals surface area (Å²) in [5.41, 5.74) is 18.8. The molecule has 0 aliphatic carbocycles. The van der Waals surface area contributed by atoms with Crippen molar-refractivity contribution in [2.24, 2.45) is 0 Å². The van der Waals surface area contributed by atoms with Crippen molar-refractivity contribution >= 4 is 129 Å². The van der Waals surface area contributed by atoms with Gasteiger partial charge in [0.1, 0.15) is 59.1 Å². The van der Waals surface area contributed by atoms with Crippen molar-refractivity contribution in [3.8, 4) is 115 Å². The van der Waals surface area contributed by atoms with Crippen LogP contribution in [0.3, 0.4) is 0 Å². The van der Waals surface area contributed by atoms with Crippen LogP contribution in [0.4, 0.5) is 47.6 Å². The lowest BCUT2D eigenvalue weighted by atomic mass is 10.1. The summed E-state index contributed by atoms with van der Waals surface area (Å²) in [6.07, 6.45) is 1.61. The van der Waals surface area contributed by atoms with Gasteiger partial charge < -0.3 is 71.4 Å². The number of fused-ring (bicyclic) bond motifs is 5. The number of benzene rings is 10. The molecule has 0 saturated heterocycles. The van der Waals surface area contributed by atoms with E-state index in [0.29, 0.717) is 143 Å². The Balaban J connectivity index is 0.000000166. The minimum Gasteiger partial charge on any atom is -0.497 e. The maximum absolute atomic E-state index is 12.0. The first-order valence-corrected chi connectivity index (χ1v) is 47.6. The molecule has 139 heavy (non-hydrogen) atoms. The Bertz CT molecular complexity index is 7190. The lowest BCUT2D eigenvalue weighted by Crippen LogP contribution is -2.29. The number of halogens is 1. The van der Waals surface area contributed by atoms with E-state index in [1.807, 2.05) is 222 Å². The van der Waals surface area contributed by atoms with E-state index in [-0.39, 0.29) is 18.7 Å². The number of methoxy groups -OCH3 is 5. The maximum atomic E-state index is 12.0. The van der Waals surface area contributed by atoms with Gasteiger partial charge in [-0.15, -0.1) is 11.6 Å². The van der Waals surface area contributed by atoms with Gasteiger partial charge in [-0.2, -0.15) is 26.3 Å². The number of nitriles is 5. The third-order valence-corrected chi connectivity index (χ3v) is 23.2. The van der Waals surface area contributed by atoms with E-state index in [4.69, 9.17) is 49.5 Å². The van der Waals surface area contributed by atoms with Crippen LogP contribution in [-0.4, -0.2) is 129 Å². The number of carbonyl (C=O) groups is 4. The molecule has 5 aromatic heterocycles. The van der Waals surface area contributed by atoms with Crippen LogP contribution >= 0.6 is 11.6 Å². The fraction of sp³-hybridized carbons (Fsp3) is 0.262. The van der Waals surface area contributed by atoms with Crippen molar-refractivity contribution in [2.75, 3.05) is 93.4 Å². The molecule has 5 heterocycles. The first-order valence-electron chi connectivity index (χ1n) is 45.2. The fourth-order valence-electron chi connectivity index (χ4n) is 16.4. The predicted octanol–water partition coefficient (Wildman–Crippen LogP) is 24.0. The zero-order chi connectivity index (χ0) is 100. The van der Waals surface area contributed by atoms with Crippen molar-refractivity contribution in [1.82, 2.24) is 28.2 Å². The molecule has 32 heteroatoms. The highest BCUT2D eigenvalue weighted by molar-refractivity contribution is 7.92. The second kappa shape index (κ2) is 48.6. The Morgan fingerprint density at radius 1 is 0.360 bits per heavy atom. The molecule has 10 aromatic carbocycles. The summed E-state index contributed by atoms with van der Waals surface area (Å²) < 4.78 is 77.9. The van der Waals surface area contributed by atoms with Crippen LogP contribution in [-0.2, 0) is 57.0 Å². The van der Waals surface area contributed by atoms with Gasteiger partial charge in [-0.1, -0.05) is 74.5 Å². The molecule has 5 amide bonds. The van der Waals surface area contributed by atoms with Crippen molar-refractivity contribution in [2.45, 2.75) is 120 Å². The van der Waals surface area contributed by atoms with Crippen LogP contribution < -0.4 is 55.0 Å². The lowest BCUT2D eigenvalue weighted by molar-refractivity contribution is 0.130. The number of alkyl halides is 1. The molecule has 0 radical (unpaired) electrons. The molecular formula is C107H111ClN16O14S. The van der Waals surface area contributed by atoms with Gasteiger partial charge in [0.15, 0.2) is 0 Å². The largest absolute Gasteiger partial charge is 0.497 e. The van der Waals surface area contributed by atoms with E-state index in [0.717, 1.165) is 130 Å². The molecule has 0 atom stereocenters. The summed E-state index contributed by atoms with van der Waals surface area (Å²) in [5, 5.41) is 67.3. The molecule has 0 bridgehead atoms. The molecule has 0 spiro atoms. The normalized spacial score (nSPS) is 10.7. The number of hydrogen-bond donors (Lipinski definition) is 6. The van der Waals surface area contributed by atoms with Crippen molar-refractivity contribution < 1.29 is 65.5 Å². The monoisotopic (exact) mass is 1910 g/mol. The van der Waals surface area contributed by atoms with E-state index in [2.05, 4.69) is 86.8 Å². The molecule has 0 saturated carbocycles. The molecule has 0 aliphatic heterocycles. The predicted molar refractivity (Wildman–Crippen MR) is 548 cm³/mol. The van der Waals surface area contributed by atoms with Gasteiger partial charge in [-0.25, -0.2) is 27.6 Å². The van der Waals surface area contributed by atoms with Crippen molar-refractivity contribution in [1.29, 1.82) is 26.3 Å². The highest BCUT2D eigenvalue weighted by Crippen LogP contribution is 2.43. The average molecular weight is 1910 g/mol. The van der Waals surface area contributed by atoms with Crippen LogP contribution in [0.1, 0.15) is 109 Å². The number of amides is 5. The average Bonchev–Trinajstić information content (AvgIpc) is 1.63. The Labute approximate surface area is 813 Å². The van der Waals surface area contributed by atoms with Crippen LogP contribution in [0.15, 0.2) is 212 Å². The fourth-order valence-corrected chi connectivity index (χ4v) is 17.1. The zero-order valence-corrected chi connectivity index (χ0v) is 81.8. The van der Waals surface area contributed by atoms with Crippen molar-refractivity contribution in [3.63, 3.8) is 0 Å². The topological polar surface area (TPSA) is 392 Å². The molecule has 6 N–H and O–H groups in total. The molecule has 0 unspecified atom stereocenters. The number of aryl methyl sites for hydroxylation is 5. The van der Waals surface area contributed by atoms with Gasteiger partial charge in [0.2, 0.25) is 10.0 Å². The minimum atomic E-state index is -3.38. The lowest BCUT2D eigenvalue weighted by Gasteiger charge is -2.12. The zero-order valence-electron chi connectivity index (χ0n) is 80.2. The van der Waals surface area contributed by atoms with Crippen LogP contribution in [0.2, 0.25) is 0 Å². The highest BCUT2D eigenvalue weighted by atomic mass is 35.5. The van der Waals surface area contributed by atoms with E-state index in [1.165, 1.54) is 0 Å². The highest BCUT2D eigenvalue weighted by Gasteiger charge is 2.27. The standard InChI is InChI=1S/C22H22ClN3O3.C22H24N4O2.2C22H23N3O3.C19H19N3O3S/c1-3-26-20-9-8-17(28-2)13-18(20)19(14-24)21(26)15-6-4-7-16(12-15)25-22(27)29-11-5-10-23;1-4-11-24-22(27)25-16-8-6-7-15(12-16)21-19(14-23)18-13-17(28-3)9-10-20(18)26(21)5-2;1-5-25-20-10-9-17(27-4)12-18(20)19(13-23)21(25)15-7-6-8-16(11-15)24-22(26)28-14(2)3;1-4-11-28-22(26)24-16-8-6-7-15(12-16)21-19(14-23)18-13-17(27-3)9-10-20(18)25(21)5-2;1-4-22-18-9-8-15(25-2)11-16(18)17(12-20)19(22)13-6-5-7-14(10-13)21-26(3,23)24/h4,6-9,12-13H,3,5,10-11H2,1-2H3,(H,25,27);6-10,12-13H,4-5,11H2,1-3H3,(H2,24,25,27);6-12,14H,5H2,1-4H3,(H,24,26);6-10,12-13H,4-5,11H2,1-3H3,(H,24,26);5-11,21H,4H2,1-3H3. The number of nitrogens with one attached hydrogen (secondary N) is 6. The first-order chi connectivity index (χ1) is 67.2. The summed E-state index contributed by atoms with van der Waals surface area (Å²) in [5.74, 6) is 3.94. The SMILES string of the molecule is CCCNC(=O)Nc1cccc(-c2c(C#N)c3cc(OC)ccc3n2CC)c1.CCCOC(=O)Nc1cccc(-c2c(C#N)c3cc(OC)ccc3n2CC)c1.CCn1c(-c2cccc(NC(=O)OC(C)C)c2)c(C#N)c2cc(OC)ccc21.CCn1c(-c2cccc(NC(=O)OCCCCl)c2)c(C#N)c2cc(OC)ccc21.CCn1c(-c2cccc(NS(C)(=O)=O)c2)c(C#N)c2cc(OC)ccc21. The van der Waals surface area contributed by atoms with Gasteiger partial charge in [-0.05, 0) is 219 Å². The van der Waals surface area contributed by atoms with Crippen LogP contribution in [0.25, 0.3) is 111 Å². The molecule has 15 aromatic rings. The third-order valence-electron chi connectivity index (χ3n) is 22.3. The van der Waals surface area contributed by atoms with Crippen LogP contribution in [0.5, 0.6) is 28.7 Å². The smallest absolute Gasteiger partial charge is 0.411 e. The number of urea groups is 1. The molecule has 0 fully saturated rings. The molecular weight excluding hydrogens is 1800 g/mol. The summed E-state index contributed by atoms with van der Waals surface area (Å²) in [6.45, 7) is 22.4. The summed E-state index contributed by atoms with van der Waals surface area (Å²) in [7, 11) is 4.64. The van der Waals surface area contributed by atoms with Crippen molar-refractivity contribution in [3.05, 3.63) is 240 Å². The maximum Gasteiger partial charge on any atom is 0.411 e. The molecule has 30 nitrogen and oxygen atoms in total. The molecule has 15 rings (SSSR count). The summed E-state index contributed by atoms with van der Waals surface area (Å²) in [4.78, 5) is 47.7. The van der Waals surface area contributed by atoms with E-state index < -0.39 is 28.3 Å². The summed E-state index contributed by atoms with van der Waals surface area (Å²) in [6, 6.07) is 76.8. The molecule has 716 valence electrons. The number of anilines is 5. The van der Waals surface area contributed by atoms with Gasteiger partial charge in [-0.3, -0.25) is 20.7 Å². The van der Waals surface area contributed by atoms with Crippen LogP contribution in [0, 0.1) is 56.7 Å². The second-order valence-electron chi connectivity index (χ2n) is 31.6. The Morgan fingerprint density at radius 3 is 0.871 bits per heavy atom. The Kier molecular flexibility index (Phi) is 36.0. The Morgan fingerprint density at radius 2 is 0.626 bits per heavy atom. The van der Waals surface area contributed by atoms with E-state index in [9.17, 15) is 53.9 Å². The van der Waals surface area contributed by atoms with E-state index in [1.54, 1.807) is 85.8 Å². The minimum absolute atomic E-state index is 0.203. The van der Waals surface area contributed by atoms with Gasteiger partial charge in [0.05, 0.1) is 145 Å². The summed E-state index contributed by atoms with van der Waals surface area (Å²) >= 11 is 5.60. The third kappa shape index (κ3) is 24.4. The van der Waals surface area contributed by atoms with Gasteiger partial charge >= 0.3 is 24.3 Å². The van der Waals surface area contributed by atoms with Gasteiger partial charge in [0.25, 0.3) is 0 Å². The van der Waals surface area contributed by atoms with Gasteiger partial charge in [0, 0.05) is 128 Å². The number of hydrogen-bond acceptors (Lipinski definition) is 19. The number of carbonyl (C=O) groups excluding carboxylic acids is 4.